The van der Waals surface area contributed by atoms with E-state index in [1.165, 1.54) is 0 Å². The van der Waals surface area contributed by atoms with E-state index in [4.69, 9.17) is 5.26 Å². The van der Waals surface area contributed by atoms with Gasteiger partial charge in [0.15, 0.2) is 0 Å². The SMILES string of the molecule is CN(C)c1ccc(CNC(=O)CC#N)cc1. The average Bonchev–Trinajstić information content (AvgIpc) is 2.27. The number of hydrogen-bond acceptors (Lipinski definition) is 3. The summed E-state index contributed by atoms with van der Waals surface area (Å²) in [5.74, 6) is -0.237. The van der Waals surface area contributed by atoms with E-state index in [9.17, 15) is 4.79 Å². The Morgan fingerprint density at radius 2 is 2.00 bits per heavy atom. The maximum Gasteiger partial charge on any atom is 0.234 e. The maximum atomic E-state index is 11.0. The lowest BCUT2D eigenvalue weighted by Crippen LogP contribution is -2.21. The van der Waals surface area contributed by atoms with Crippen LogP contribution >= 0.6 is 0 Å². The minimum atomic E-state index is -0.237. The third-order valence-electron chi connectivity index (χ3n) is 2.18. The first kappa shape index (κ1) is 12.1. The molecule has 0 bridgehead atoms. The van der Waals surface area contributed by atoms with Crippen molar-refractivity contribution in [1.29, 1.82) is 5.26 Å². The molecule has 4 nitrogen and oxygen atoms in total. The number of rotatable bonds is 4. The van der Waals surface area contributed by atoms with Crippen molar-refractivity contribution in [3.05, 3.63) is 29.8 Å². The molecule has 0 heterocycles. The van der Waals surface area contributed by atoms with Crippen molar-refractivity contribution in [2.24, 2.45) is 0 Å². The number of carbonyl (C=O) groups excluding carboxylic acids is 1. The summed E-state index contributed by atoms with van der Waals surface area (Å²) in [5, 5.41) is 11.0. The molecule has 0 aliphatic heterocycles. The summed E-state index contributed by atoms with van der Waals surface area (Å²) in [5.41, 5.74) is 2.14. The molecule has 0 spiro atoms. The van der Waals surface area contributed by atoms with Crippen LogP contribution in [0.5, 0.6) is 0 Å². The fraction of sp³-hybridized carbons (Fsp3) is 0.333. The first-order valence-electron chi connectivity index (χ1n) is 5.03. The zero-order chi connectivity index (χ0) is 12.0. The van der Waals surface area contributed by atoms with Gasteiger partial charge in [-0.25, -0.2) is 0 Å². The van der Waals surface area contributed by atoms with Gasteiger partial charge < -0.3 is 10.2 Å². The molecule has 16 heavy (non-hydrogen) atoms. The third kappa shape index (κ3) is 3.62. The van der Waals surface area contributed by atoms with Crippen LogP contribution in [0.3, 0.4) is 0 Å². The van der Waals surface area contributed by atoms with E-state index in [0.717, 1.165) is 11.3 Å². The monoisotopic (exact) mass is 217 g/mol. The molecule has 0 aliphatic rings. The Morgan fingerprint density at radius 1 is 1.38 bits per heavy atom. The molecule has 0 aliphatic carbocycles. The van der Waals surface area contributed by atoms with E-state index >= 15 is 0 Å². The van der Waals surface area contributed by atoms with Crippen molar-refractivity contribution < 1.29 is 4.79 Å². The molecule has 0 saturated carbocycles. The zero-order valence-corrected chi connectivity index (χ0v) is 9.53. The number of hydrogen-bond donors (Lipinski definition) is 1. The summed E-state index contributed by atoms with van der Waals surface area (Å²) in [7, 11) is 3.95. The molecular formula is C12H15N3O. The molecule has 0 radical (unpaired) electrons. The highest BCUT2D eigenvalue weighted by atomic mass is 16.1. The second kappa shape index (κ2) is 5.76. The second-order valence-electron chi connectivity index (χ2n) is 3.67. The van der Waals surface area contributed by atoms with Crippen LogP contribution in [0.4, 0.5) is 5.69 Å². The van der Waals surface area contributed by atoms with E-state index in [-0.39, 0.29) is 12.3 Å². The number of amides is 1. The molecular weight excluding hydrogens is 202 g/mol. The minimum absolute atomic E-state index is 0.0875. The van der Waals surface area contributed by atoms with Crippen molar-refractivity contribution in [2.75, 3.05) is 19.0 Å². The molecule has 1 amide bonds. The molecule has 0 saturated heterocycles. The second-order valence-corrected chi connectivity index (χ2v) is 3.67. The predicted octanol–water partition coefficient (Wildman–Crippen LogP) is 1.28. The van der Waals surface area contributed by atoms with Crippen LogP contribution < -0.4 is 10.2 Å². The molecule has 1 aromatic carbocycles. The lowest BCUT2D eigenvalue weighted by molar-refractivity contribution is -0.120. The molecule has 1 aromatic rings. The smallest absolute Gasteiger partial charge is 0.234 e. The Hall–Kier alpha value is -2.02. The van der Waals surface area contributed by atoms with Gasteiger partial charge in [-0.2, -0.15) is 5.26 Å². The molecule has 4 heteroatoms. The summed E-state index contributed by atoms with van der Waals surface area (Å²) < 4.78 is 0. The van der Waals surface area contributed by atoms with Gasteiger partial charge >= 0.3 is 0 Å². The zero-order valence-electron chi connectivity index (χ0n) is 9.53. The Balaban J connectivity index is 2.50. The molecule has 84 valence electrons. The van der Waals surface area contributed by atoms with Gasteiger partial charge in [0.1, 0.15) is 6.42 Å². The van der Waals surface area contributed by atoms with Gasteiger partial charge in [-0.15, -0.1) is 0 Å². The lowest BCUT2D eigenvalue weighted by atomic mass is 10.2. The molecule has 0 atom stereocenters. The first-order valence-corrected chi connectivity index (χ1v) is 5.03. The van der Waals surface area contributed by atoms with Gasteiger partial charge in [0.05, 0.1) is 6.07 Å². The summed E-state index contributed by atoms with van der Waals surface area (Å²) in [6.07, 6.45) is -0.0875. The van der Waals surface area contributed by atoms with Gasteiger partial charge in [-0.05, 0) is 17.7 Å². The van der Waals surface area contributed by atoms with E-state index in [0.29, 0.717) is 6.54 Å². The molecule has 1 rings (SSSR count). The predicted molar refractivity (Wildman–Crippen MR) is 62.8 cm³/mol. The summed E-state index contributed by atoms with van der Waals surface area (Å²) >= 11 is 0. The number of nitrogens with one attached hydrogen (secondary N) is 1. The van der Waals surface area contributed by atoms with Crippen LogP contribution in [-0.2, 0) is 11.3 Å². The summed E-state index contributed by atoms with van der Waals surface area (Å²) in [6.45, 7) is 0.466. The largest absolute Gasteiger partial charge is 0.378 e. The third-order valence-corrected chi connectivity index (χ3v) is 2.18. The molecule has 1 N–H and O–H groups in total. The molecule has 0 aromatic heterocycles. The van der Waals surface area contributed by atoms with E-state index in [1.54, 1.807) is 0 Å². The normalized spacial score (nSPS) is 9.31. The van der Waals surface area contributed by atoms with Crippen molar-refractivity contribution in [1.82, 2.24) is 5.32 Å². The number of benzene rings is 1. The Labute approximate surface area is 95.5 Å². The number of nitriles is 1. The van der Waals surface area contributed by atoms with Crippen LogP contribution in [0.15, 0.2) is 24.3 Å². The van der Waals surface area contributed by atoms with E-state index < -0.39 is 0 Å². The van der Waals surface area contributed by atoms with Gasteiger partial charge in [-0.1, -0.05) is 12.1 Å². The van der Waals surface area contributed by atoms with Crippen LogP contribution in [0.2, 0.25) is 0 Å². The van der Waals surface area contributed by atoms with Crippen molar-refractivity contribution >= 4 is 11.6 Å². The molecule has 0 unspecified atom stereocenters. The Bertz CT molecular complexity index is 390. The summed E-state index contributed by atoms with van der Waals surface area (Å²) in [4.78, 5) is 13.1. The van der Waals surface area contributed by atoms with Gasteiger partial charge in [-0.3, -0.25) is 4.79 Å². The Kier molecular flexibility index (Phi) is 4.34. The highest BCUT2D eigenvalue weighted by Gasteiger charge is 2.00. The van der Waals surface area contributed by atoms with Crippen molar-refractivity contribution in [3.63, 3.8) is 0 Å². The summed E-state index contributed by atoms with van der Waals surface area (Å²) in [6, 6.07) is 9.71. The van der Waals surface area contributed by atoms with Gasteiger partial charge in [0.2, 0.25) is 5.91 Å². The fourth-order valence-corrected chi connectivity index (χ4v) is 1.25. The number of nitrogens with zero attached hydrogens (tertiary/aromatic N) is 2. The van der Waals surface area contributed by atoms with Crippen LogP contribution in [0.25, 0.3) is 0 Å². The number of carbonyl (C=O) groups is 1. The van der Waals surface area contributed by atoms with E-state index in [2.05, 4.69) is 5.32 Å². The quantitative estimate of drug-likeness (QED) is 0.826. The highest BCUT2D eigenvalue weighted by Crippen LogP contribution is 2.11. The number of anilines is 1. The van der Waals surface area contributed by atoms with Crippen LogP contribution in [-0.4, -0.2) is 20.0 Å². The van der Waals surface area contributed by atoms with Gasteiger partial charge in [0, 0.05) is 26.3 Å². The minimum Gasteiger partial charge on any atom is -0.378 e. The standard InChI is InChI=1S/C12H15N3O/c1-15(2)11-5-3-10(4-6-11)9-14-12(16)7-8-13/h3-6H,7,9H2,1-2H3,(H,14,16). The fourth-order valence-electron chi connectivity index (χ4n) is 1.25. The average molecular weight is 217 g/mol. The van der Waals surface area contributed by atoms with Crippen LogP contribution in [0, 0.1) is 11.3 Å². The van der Waals surface area contributed by atoms with Crippen LogP contribution in [0.1, 0.15) is 12.0 Å². The Morgan fingerprint density at radius 3 is 2.50 bits per heavy atom. The first-order chi connectivity index (χ1) is 7.63. The van der Waals surface area contributed by atoms with Gasteiger partial charge in [0.25, 0.3) is 0 Å². The van der Waals surface area contributed by atoms with E-state index in [1.807, 2.05) is 49.3 Å². The van der Waals surface area contributed by atoms with Crippen molar-refractivity contribution in [2.45, 2.75) is 13.0 Å². The molecule has 0 fully saturated rings. The maximum absolute atomic E-state index is 11.0. The van der Waals surface area contributed by atoms with Crippen molar-refractivity contribution in [3.8, 4) is 6.07 Å². The highest BCUT2D eigenvalue weighted by molar-refractivity contribution is 5.77. The topological polar surface area (TPSA) is 56.1 Å². The lowest BCUT2D eigenvalue weighted by Gasteiger charge is -2.12.